The lowest BCUT2D eigenvalue weighted by molar-refractivity contribution is -0.119. The first kappa shape index (κ1) is 13.6. The van der Waals surface area contributed by atoms with E-state index in [1.54, 1.807) is 25.3 Å². The molecule has 1 aromatic carbocycles. The minimum atomic E-state index is -0.116. The van der Waals surface area contributed by atoms with Gasteiger partial charge in [-0.15, -0.1) is 0 Å². The molecular formula is C11H16ClN3O2. The molecule has 1 amide bonds. The molecule has 94 valence electrons. The summed E-state index contributed by atoms with van der Waals surface area (Å²) in [5.74, 6) is -0.116. The molecule has 0 aliphatic rings. The molecule has 0 atom stereocenters. The molecule has 17 heavy (non-hydrogen) atoms. The Hall–Kier alpha value is -1.46. The van der Waals surface area contributed by atoms with Crippen molar-refractivity contribution in [3.05, 3.63) is 23.2 Å². The Balaban J connectivity index is 2.37. The largest absolute Gasteiger partial charge is 0.399 e. The molecule has 6 heteroatoms. The van der Waals surface area contributed by atoms with Gasteiger partial charge in [-0.05, 0) is 18.2 Å². The highest BCUT2D eigenvalue weighted by atomic mass is 35.5. The summed E-state index contributed by atoms with van der Waals surface area (Å²) in [6.45, 7) is 1.15. The highest BCUT2D eigenvalue weighted by Gasteiger charge is 2.03. The van der Waals surface area contributed by atoms with Gasteiger partial charge in [0.05, 0.1) is 23.9 Å². The number of ether oxygens (including phenoxy) is 1. The predicted octanol–water partition coefficient (Wildman–Crippen LogP) is 1.10. The molecule has 1 aromatic rings. The second-order valence-electron chi connectivity index (χ2n) is 3.44. The number of carbonyl (C=O) groups excluding carboxylic acids is 1. The molecule has 0 aromatic heterocycles. The van der Waals surface area contributed by atoms with E-state index in [4.69, 9.17) is 22.1 Å². The first-order valence-electron chi connectivity index (χ1n) is 5.18. The Morgan fingerprint density at radius 2 is 2.29 bits per heavy atom. The first-order chi connectivity index (χ1) is 8.13. The lowest BCUT2D eigenvalue weighted by atomic mass is 10.3. The molecule has 0 fully saturated rings. The highest BCUT2D eigenvalue weighted by Crippen LogP contribution is 2.23. The number of nitrogens with one attached hydrogen (secondary N) is 2. The monoisotopic (exact) mass is 257 g/mol. The summed E-state index contributed by atoms with van der Waals surface area (Å²) in [7, 11) is 1.58. The Morgan fingerprint density at radius 1 is 1.53 bits per heavy atom. The molecular weight excluding hydrogens is 242 g/mol. The maximum Gasteiger partial charge on any atom is 0.239 e. The Morgan fingerprint density at radius 3 is 2.94 bits per heavy atom. The van der Waals surface area contributed by atoms with E-state index in [-0.39, 0.29) is 12.5 Å². The Bertz CT molecular complexity index is 385. The molecule has 0 saturated carbocycles. The number of methoxy groups -OCH3 is 1. The van der Waals surface area contributed by atoms with Crippen molar-refractivity contribution in [1.29, 1.82) is 0 Å². The van der Waals surface area contributed by atoms with Gasteiger partial charge >= 0.3 is 0 Å². The van der Waals surface area contributed by atoms with E-state index < -0.39 is 0 Å². The number of anilines is 2. The average Bonchev–Trinajstić information content (AvgIpc) is 2.28. The normalized spacial score (nSPS) is 10.0. The third-order valence-corrected chi connectivity index (χ3v) is 2.37. The number of benzene rings is 1. The van der Waals surface area contributed by atoms with Gasteiger partial charge in [-0.25, -0.2) is 0 Å². The van der Waals surface area contributed by atoms with Crippen LogP contribution in [0.1, 0.15) is 0 Å². The van der Waals surface area contributed by atoms with E-state index >= 15 is 0 Å². The van der Waals surface area contributed by atoms with Crippen molar-refractivity contribution >= 4 is 28.9 Å². The van der Waals surface area contributed by atoms with Crippen molar-refractivity contribution < 1.29 is 9.53 Å². The van der Waals surface area contributed by atoms with Crippen molar-refractivity contribution in [2.45, 2.75) is 0 Å². The maximum atomic E-state index is 11.4. The number of nitrogens with two attached hydrogens (primary N) is 1. The maximum absolute atomic E-state index is 11.4. The fourth-order valence-corrected chi connectivity index (χ4v) is 1.46. The fourth-order valence-electron chi connectivity index (χ4n) is 1.21. The van der Waals surface area contributed by atoms with Crippen LogP contribution in [0.15, 0.2) is 18.2 Å². The lowest BCUT2D eigenvalue weighted by Gasteiger charge is -2.09. The van der Waals surface area contributed by atoms with Crippen molar-refractivity contribution in [2.24, 2.45) is 0 Å². The van der Waals surface area contributed by atoms with Gasteiger partial charge in [0, 0.05) is 19.3 Å². The van der Waals surface area contributed by atoms with Crippen LogP contribution in [-0.4, -0.2) is 32.7 Å². The van der Waals surface area contributed by atoms with Crippen LogP contribution in [0.25, 0.3) is 0 Å². The molecule has 0 spiro atoms. The van der Waals surface area contributed by atoms with Gasteiger partial charge in [0.25, 0.3) is 0 Å². The summed E-state index contributed by atoms with van der Waals surface area (Å²) in [4.78, 5) is 11.4. The zero-order valence-electron chi connectivity index (χ0n) is 9.63. The molecule has 1 rings (SSSR count). The van der Waals surface area contributed by atoms with Gasteiger partial charge in [0.2, 0.25) is 5.91 Å². The summed E-state index contributed by atoms with van der Waals surface area (Å²) in [5.41, 5.74) is 6.83. The van der Waals surface area contributed by atoms with Crippen LogP contribution in [0.5, 0.6) is 0 Å². The van der Waals surface area contributed by atoms with Crippen molar-refractivity contribution in [2.75, 3.05) is 37.9 Å². The summed E-state index contributed by atoms with van der Waals surface area (Å²) < 4.78 is 4.82. The Labute approximate surface area is 105 Å². The van der Waals surface area contributed by atoms with E-state index in [0.29, 0.717) is 29.5 Å². The minimum Gasteiger partial charge on any atom is -0.399 e. The van der Waals surface area contributed by atoms with Crippen molar-refractivity contribution in [1.82, 2.24) is 5.32 Å². The van der Waals surface area contributed by atoms with E-state index in [0.717, 1.165) is 0 Å². The molecule has 5 nitrogen and oxygen atoms in total. The van der Waals surface area contributed by atoms with Gasteiger partial charge < -0.3 is 21.1 Å². The summed E-state index contributed by atoms with van der Waals surface area (Å²) in [5, 5.41) is 6.11. The smallest absolute Gasteiger partial charge is 0.239 e. The lowest BCUT2D eigenvalue weighted by Crippen LogP contribution is -2.32. The second kappa shape index (κ2) is 6.98. The molecule has 0 unspecified atom stereocenters. The highest BCUT2D eigenvalue weighted by molar-refractivity contribution is 6.33. The molecule has 0 aliphatic heterocycles. The van der Waals surface area contributed by atoms with Gasteiger partial charge in [-0.2, -0.15) is 0 Å². The summed E-state index contributed by atoms with van der Waals surface area (Å²) in [6.07, 6.45) is 0. The number of rotatable bonds is 6. The zero-order chi connectivity index (χ0) is 12.7. The summed E-state index contributed by atoms with van der Waals surface area (Å²) >= 11 is 5.95. The molecule has 0 aliphatic carbocycles. The number of amides is 1. The van der Waals surface area contributed by atoms with Gasteiger partial charge in [-0.3, -0.25) is 4.79 Å². The molecule has 4 N–H and O–H groups in total. The fraction of sp³-hybridized carbons (Fsp3) is 0.364. The van der Waals surface area contributed by atoms with Gasteiger partial charge in [0.15, 0.2) is 0 Å². The summed E-state index contributed by atoms with van der Waals surface area (Å²) in [6, 6.07) is 5.09. The van der Waals surface area contributed by atoms with Gasteiger partial charge in [0.1, 0.15) is 0 Å². The molecule has 0 radical (unpaired) electrons. The quantitative estimate of drug-likeness (QED) is 0.527. The zero-order valence-corrected chi connectivity index (χ0v) is 10.4. The number of hydrogen-bond acceptors (Lipinski definition) is 4. The van der Waals surface area contributed by atoms with Crippen molar-refractivity contribution in [3.8, 4) is 0 Å². The van der Waals surface area contributed by atoms with Crippen LogP contribution in [0.3, 0.4) is 0 Å². The van der Waals surface area contributed by atoms with E-state index in [1.165, 1.54) is 0 Å². The van der Waals surface area contributed by atoms with E-state index in [9.17, 15) is 4.79 Å². The first-order valence-corrected chi connectivity index (χ1v) is 5.56. The van der Waals surface area contributed by atoms with Gasteiger partial charge in [-0.1, -0.05) is 11.6 Å². The Kier molecular flexibility index (Phi) is 5.59. The van der Waals surface area contributed by atoms with Crippen LogP contribution in [0.2, 0.25) is 5.02 Å². The average molecular weight is 258 g/mol. The van der Waals surface area contributed by atoms with Crippen LogP contribution >= 0.6 is 11.6 Å². The van der Waals surface area contributed by atoms with E-state index in [1.807, 2.05) is 0 Å². The van der Waals surface area contributed by atoms with Crippen LogP contribution in [-0.2, 0) is 9.53 Å². The van der Waals surface area contributed by atoms with Crippen LogP contribution in [0.4, 0.5) is 11.4 Å². The van der Waals surface area contributed by atoms with Crippen molar-refractivity contribution in [3.63, 3.8) is 0 Å². The second-order valence-corrected chi connectivity index (χ2v) is 3.84. The molecule has 0 saturated heterocycles. The SMILES string of the molecule is COCCNC(=O)CNc1ccc(N)cc1Cl. The van der Waals surface area contributed by atoms with Crippen LogP contribution < -0.4 is 16.4 Å². The third-order valence-electron chi connectivity index (χ3n) is 2.06. The topological polar surface area (TPSA) is 76.4 Å². The predicted molar refractivity (Wildman–Crippen MR) is 69.2 cm³/mol. The number of hydrogen-bond donors (Lipinski definition) is 3. The number of carbonyl (C=O) groups is 1. The molecule has 0 heterocycles. The minimum absolute atomic E-state index is 0.116. The number of nitrogen functional groups attached to an aromatic ring is 1. The van der Waals surface area contributed by atoms with E-state index in [2.05, 4.69) is 10.6 Å². The molecule has 0 bridgehead atoms. The third kappa shape index (κ3) is 4.93. The number of halogens is 1. The van der Waals surface area contributed by atoms with Crippen LogP contribution in [0, 0.1) is 0 Å². The standard InChI is InChI=1S/C11H16ClN3O2/c1-17-5-4-14-11(16)7-15-10-3-2-8(13)6-9(10)12/h2-3,6,15H,4-5,7,13H2,1H3,(H,14,16).